The number of nitrogens with zero attached hydrogens (tertiary/aromatic N) is 1. The monoisotopic (exact) mass is 170 g/mol. The SMILES string of the molecule is CNC(C)c1nc(C)sc1C. The van der Waals surface area contributed by atoms with E-state index in [-0.39, 0.29) is 0 Å². The lowest BCUT2D eigenvalue weighted by molar-refractivity contribution is 0.632. The molecule has 1 atom stereocenters. The molecule has 0 aliphatic rings. The molecule has 0 spiro atoms. The van der Waals surface area contributed by atoms with Crippen LogP contribution in [0.5, 0.6) is 0 Å². The molecule has 11 heavy (non-hydrogen) atoms. The Morgan fingerprint density at radius 2 is 2.09 bits per heavy atom. The Balaban J connectivity index is 2.93. The van der Waals surface area contributed by atoms with Crippen LogP contribution in [0.4, 0.5) is 0 Å². The first-order valence-corrected chi connectivity index (χ1v) is 4.58. The van der Waals surface area contributed by atoms with E-state index in [2.05, 4.69) is 24.1 Å². The van der Waals surface area contributed by atoms with Crippen LogP contribution in [0.25, 0.3) is 0 Å². The second-order valence-electron chi connectivity index (χ2n) is 2.68. The summed E-state index contributed by atoms with van der Waals surface area (Å²) in [7, 11) is 1.96. The molecule has 3 heteroatoms. The number of thiazole rings is 1. The van der Waals surface area contributed by atoms with Gasteiger partial charge in [0.05, 0.1) is 10.7 Å². The maximum absolute atomic E-state index is 4.44. The molecule has 0 saturated heterocycles. The van der Waals surface area contributed by atoms with Crippen molar-refractivity contribution in [1.82, 2.24) is 10.3 Å². The zero-order chi connectivity index (χ0) is 8.43. The highest BCUT2D eigenvalue weighted by Crippen LogP contribution is 2.21. The molecule has 1 aromatic heterocycles. The summed E-state index contributed by atoms with van der Waals surface area (Å²) < 4.78 is 0. The van der Waals surface area contributed by atoms with Crippen molar-refractivity contribution in [2.45, 2.75) is 26.8 Å². The number of nitrogens with one attached hydrogen (secondary N) is 1. The fourth-order valence-electron chi connectivity index (χ4n) is 1.08. The summed E-state index contributed by atoms with van der Waals surface area (Å²) in [6, 6.07) is 0.375. The predicted molar refractivity (Wildman–Crippen MR) is 49.1 cm³/mol. The second kappa shape index (κ2) is 3.32. The van der Waals surface area contributed by atoms with Crippen LogP contribution in [-0.4, -0.2) is 12.0 Å². The fraction of sp³-hybridized carbons (Fsp3) is 0.625. The van der Waals surface area contributed by atoms with Crippen LogP contribution in [0.1, 0.15) is 28.5 Å². The molecule has 0 aromatic carbocycles. The van der Waals surface area contributed by atoms with Gasteiger partial charge in [-0.15, -0.1) is 11.3 Å². The minimum Gasteiger partial charge on any atom is -0.312 e. The molecular formula is C8H14N2S. The quantitative estimate of drug-likeness (QED) is 0.734. The maximum Gasteiger partial charge on any atom is 0.0900 e. The van der Waals surface area contributed by atoms with Gasteiger partial charge in [0.25, 0.3) is 0 Å². The zero-order valence-corrected chi connectivity index (χ0v) is 8.25. The van der Waals surface area contributed by atoms with Gasteiger partial charge in [-0.25, -0.2) is 4.98 Å². The van der Waals surface area contributed by atoms with Crippen LogP contribution in [-0.2, 0) is 0 Å². The van der Waals surface area contributed by atoms with Gasteiger partial charge >= 0.3 is 0 Å². The number of aromatic nitrogens is 1. The fourth-order valence-corrected chi connectivity index (χ4v) is 2.00. The molecule has 0 aliphatic heterocycles. The Bertz CT molecular complexity index is 242. The first-order chi connectivity index (χ1) is 5.15. The molecule has 0 aliphatic carbocycles. The molecule has 0 radical (unpaired) electrons. The summed E-state index contributed by atoms with van der Waals surface area (Å²) in [5.74, 6) is 0. The van der Waals surface area contributed by atoms with E-state index in [1.807, 2.05) is 14.0 Å². The highest BCUT2D eigenvalue weighted by molar-refractivity contribution is 7.11. The lowest BCUT2D eigenvalue weighted by atomic mass is 10.2. The van der Waals surface area contributed by atoms with E-state index < -0.39 is 0 Å². The standard InChI is InChI=1S/C8H14N2S/c1-5(9-4)8-6(2)11-7(3)10-8/h5,9H,1-4H3. The first-order valence-electron chi connectivity index (χ1n) is 3.76. The van der Waals surface area contributed by atoms with Gasteiger partial charge in [-0.3, -0.25) is 0 Å². The van der Waals surface area contributed by atoms with Gasteiger partial charge in [-0.2, -0.15) is 0 Å². The molecule has 1 N–H and O–H groups in total. The smallest absolute Gasteiger partial charge is 0.0900 e. The summed E-state index contributed by atoms with van der Waals surface area (Å²) in [5.41, 5.74) is 1.19. The molecule has 0 fully saturated rings. The summed E-state index contributed by atoms with van der Waals surface area (Å²) in [6.07, 6.45) is 0. The Morgan fingerprint density at radius 3 is 2.45 bits per heavy atom. The predicted octanol–water partition coefficient (Wildman–Crippen LogP) is 2.04. The van der Waals surface area contributed by atoms with Gasteiger partial charge < -0.3 is 5.32 Å². The lowest BCUT2D eigenvalue weighted by Gasteiger charge is -2.06. The molecule has 0 saturated carbocycles. The molecule has 1 unspecified atom stereocenters. The number of hydrogen-bond acceptors (Lipinski definition) is 3. The highest BCUT2D eigenvalue weighted by atomic mass is 32.1. The lowest BCUT2D eigenvalue weighted by Crippen LogP contribution is -2.13. The first kappa shape index (κ1) is 8.68. The average molecular weight is 170 g/mol. The van der Waals surface area contributed by atoms with Crippen LogP contribution in [0.2, 0.25) is 0 Å². The van der Waals surface area contributed by atoms with Crippen molar-refractivity contribution >= 4 is 11.3 Å². The largest absolute Gasteiger partial charge is 0.312 e. The Labute approximate surface area is 71.7 Å². The third kappa shape index (κ3) is 1.79. The number of rotatable bonds is 2. The van der Waals surface area contributed by atoms with Crippen molar-refractivity contribution in [2.75, 3.05) is 7.05 Å². The zero-order valence-electron chi connectivity index (χ0n) is 7.43. The Hall–Kier alpha value is -0.410. The van der Waals surface area contributed by atoms with E-state index >= 15 is 0 Å². The van der Waals surface area contributed by atoms with Crippen molar-refractivity contribution in [1.29, 1.82) is 0 Å². The van der Waals surface area contributed by atoms with Crippen molar-refractivity contribution in [3.63, 3.8) is 0 Å². The minimum atomic E-state index is 0.375. The second-order valence-corrected chi connectivity index (χ2v) is 4.09. The Kier molecular flexibility index (Phi) is 2.62. The third-order valence-electron chi connectivity index (χ3n) is 1.78. The van der Waals surface area contributed by atoms with E-state index in [1.165, 1.54) is 10.6 Å². The summed E-state index contributed by atoms with van der Waals surface area (Å²) >= 11 is 1.76. The van der Waals surface area contributed by atoms with E-state index in [9.17, 15) is 0 Å². The summed E-state index contributed by atoms with van der Waals surface area (Å²) in [4.78, 5) is 5.76. The van der Waals surface area contributed by atoms with E-state index in [1.54, 1.807) is 11.3 Å². The molecule has 1 aromatic rings. The van der Waals surface area contributed by atoms with Crippen molar-refractivity contribution in [3.05, 3.63) is 15.6 Å². The maximum atomic E-state index is 4.44. The van der Waals surface area contributed by atoms with Crippen molar-refractivity contribution in [2.24, 2.45) is 0 Å². The van der Waals surface area contributed by atoms with Gasteiger partial charge in [-0.05, 0) is 27.8 Å². The molecule has 0 amide bonds. The summed E-state index contributed by atoms with van der Waals surface area (Å²) in [6.45, 7) is 6.29. The van der Waals surface area contributed by atoms with Gasteiger partial charge in [0.1, 0.15) is 0 Å². The van der Waals surface area contributed by atoms with Crippen LogP contribution >= 0.6 is 11.3 Å². The third-order valence-corrected chi connectivity index (χ3v) is 2.68. The van der Waals surface area contributed by atoms with Crippen LogP contribution in [0, 0.1) is 13.8 Å². The minimum absolute atomic E-state index is 0.375. The highest BCUT2D eigenvalue weighted by Gasteiger charge is 2.09. The molecule has 62 valence electrons. The topological polar surface area (TPSA) is 24.9 Å². The molecular weight excluding hydrogens is 156 g/mol. The van der Waals surface area contributed by atoms with Crippen LogP contribution in [0.15, 0.2) is 0 Å². The summed E-state index contributed by atoms with van der Waals surface area (Å²) in [5, 5.41) is 4.33. The van der Waals surface area contributed by atoms with Crippen molar-refractivity contribution < 1.29 is 0 Å². The van der Waals surface area contributed by atoms with E-state index in [0.29, 0.717) is 6.04 Å². The average Bonchev–Trinajstić information content (AvgIpc) is 2.28. The normalized spacial score (nSPS) is 13.5. The number of hydrogen-bond donors (Lipinski definition) is 1. The molecule has 0 bridgehead atoms. The van der Waals surface area contributed by atoms with Gasteiger partial charge in [-0.1, -0.05) is 0 Å². The van der Waals surface area contributed by atoms with E-state index in [0.717, 1.165) is 5.01 Å². The molecule has 2 nitrogen and oxygen atoms in total. The Morgan fingerprint density at radius 1 is 1.45 bits per heavy atom. The van der Waals surface area contributed by atoms with Crippen LogP contribution in [0.3, 0.4) is 0 Å². The van der Waals surface area contributed by atoms with E-state index in [4.69, 9.17) is 0 Å². The molecule has 1 heterocycles. The van der Waals surface area contributed by atoms with Gasteiger partial charge in [0, 0.05) is 10.9 Å². The van der Waals surface area contributed by atoms with Crippen molar-refractivity contribution in [3.8, 4) is 0 Å². The van der Waals surface area contributed by atoms with Crippen LogP contribution < -0.4 is 5.32 Å². The van der Waals surface area contributed by atoms with Gasteiger partial charge in [0.2, 0.25) is 0 Å². The molecule has 1 rings (SSSR count). The number of aryl methyl sites for hydroxylation is 2. The van der Waals surface area contributed by atoms with Gasteiger partial charge in [0.15, 0.2) is 0 Å².